The smallest absolute Gasteiger partial charge is 0.271 e. The summed E-state index contributed by atoms with van der Waals surface area (Å²) < 4.78 is 1.96. The van der Waals surface area contributed by atoms with Gasteiger partial charge in [-0.1, -0.05) is 0 Å². The Kier molecular flexibility index (Phi) is 9.38. The third-order valence-electron chi connectivity index (χ3n) is 5.77. The molecule has 0 saturated heterocycles. The molecule has 5 aromatic rings. The third-order valence-corrected chi connectivity index (χ3v) is 5.77. The fourth-order valence-electron chi connectivity index (χ4n) is 3.81. The van der Waals surface area contributed by atoms with Gasteiger partial charge in [0.25, 0.3) is 11.6 Å². The number of carbonyl (C=O) groups is 1. The molecule has 0 aliphatic rings. The van der Waals surface area contributed by atoms with Gasteiger partial charge < -0.3 is 16.0 Å². The molecule has 198 valence electrons. The topological polar surface area (TPSA) is 113 Å². The number of hydrogen-bond acceptors (Lipinski definition) is 6. The number of rotatable bonds is 7. The maximum Gasteiger partial charge on any atom is 0.271 e. The van der Waals surface area contributed by atoms with Gasteiger partial charge >= 0.3 is 0 Å². The second kappa shape index (κ2) is 12.7. The summed E-state index contributed by atoms with van der Waals surface area (Å²) in [6.45, 7) is 0. The van der Waals surface area contributed by atoms with E-state index >= 15 is 0 Å². The van der Waals surface area contributed by atoms with E-state index in [1.54, 1.807) is 42.6 Å². The maximum absolute atomic E-state index is 12.7. The van der Waals surface area contributed by atoms with Crippen LogP contribution in [0.4, 0.5) is 34.1 Å². The molecule has 0 spiro atoms. The molecule has 0 bridgehead atoms. The second-order valence-corrected chi connectivity index (χ2v) is 8.43. The zero-order valence-corrected chi connectivity index (χ0v) is 22.3. The van der Waals surface area contributed by atoms with Crippen LogP contribution in [0, 0.1) is 10.1 Å². The normalized spacial score (nSPS) is 10.1. The van der Waals surface area contributed by atoms with Gasteiger partial charge in [-0.15, -0.1) is 24.8 Å². The number of fused-ring (bicyclic) bond motifs is 1. The van der Waals surface area contributed by atoms with Gasteiger partial charge in [-0.3, -0.25) is 19.9 Å². The summed E-state index contributed by atoms with van der Waals surface area (Å²) in [5.41, 5.74) is 5.14. The van der Waals surface area contributed by atoms with Crippen molar-refractivity contribution in [3.8, 4) is 0 Å². The summed E-state index contributed by atoms with van der Waals surface area (Å²) in [4.78, 5) is 27.6. The number of nitro groups is 1. The number of anilines is 5. The average Bonchev–Trinajstić information content (AvgIpc) is 2.91. The third kappa shape index (κ3) is 6.98. The molecular formula is C28H25Cl2N6O3+. The summed E-state index contributed by atoms with van der Waals surface area (Å²) >= 11 is 0. The van der Waals surface area contributed by atoms with E-state index in [-0.39, 0.29) is 36.4 Å². The summed E-state index contributed by atoms with van der Waals surface area (Å²) in [7, 11) is 1.96. The number of carbonyl (C=O) groups excluding carboxylic acids is 1. The van der Waals surface area contributed by atoms with Gasteiger partial charge in [0, 0.05) is 64.2 Å². The van der Waals surface area contributed by atoms with Crippen molar-refractivity contribution in [2.75, 3.05) is 16.0 Å². The standard InChI is InChI=1S/C28H22N6O3.2ClH/c1-33-16-13-23(14-17-33)30-20-6-8-22(9-7-20)32-28(35)19-2-4-21(5-3-19)31-26-12-15-29-27-18-24(34(36)37)10-11-25(26)27;;/h2-18H,1H3,(H2,29,31,32,35);2*1H/p+1. The Morgan fingerprint density at radius 2 is 1.38 bits per heavy atom. The number of aryl methyl sites for hydroxylation is 1. The van der Waals surface area contributed by atoms with E-state index in [1.165, 1.54) is 12.1 Å². The van der Waals surface area contributed by atoms with Gasteiger partial charge in [0.15, 0.2) is 12.4 Å². The molecule has 2 heterocycles. The quantitative estimate of drug-likeness (QED) is 0.117. The van der Waals surface area contributed by atoms with E-state index in [2.05, 4.69) is 20.9 Å². The minimum absolute atomic E-state index is 0. The molecule has 39 heavy (non-hydrogen) atoms. The van der Waals surface area contributed by atoms with E-state index in [0.29, 0.717) is 16.8 Å². The molecule has 0 atom stereocenters. The summed E-state index contributed by atoms with van der Waals surface area (Å²) in [5, 5.41) is 21.3. The minimum Gasteiger partial charge on any atom is -0.355 e. The van der Waals surface area contributed by atoms with Crippen LogP contribution in [0.2, 0.25) is 0 Å². The van der Waals surface area contributed by atoms with E-state index in [1.807, 2.05) is 60.4 Å². The number of nitrogens with one attached hydrogen (secondary N) is 3. The Morgan fingerprint density at radius 1 is 0.795 bits per heavy atom. The molecule has 9 nitrogen and oxygen atoms in total. The van der Waals surface area contributed by atoms with Crippen molar-refractivity contribution in [1.29, 1.82) is 0 Å². The van der Waals surface area contributed by atoms with E-state index in [9.17, 15) is 14.9 Å². The lowest BCUT2D eigenvalue weighted by molar-refractivity contribution is -0.671. The molecule has 3 aromatic carbocycles. The number of nitro benzene ring substituents is 1. The fraction of sp³-hybridized carbons (Fsp3) is 0.0357. The molecule has 2 aromatic heterocycles. The molecule has 1 amide bonds. The van der Waals surface area contributed by atoms with Crippen molar-refractivity contribution in [3.05, 3.63) is 119 Å². The highest BCUT2D eigenvalue weighted by Crippen LogP contribution is 2.28. The molecule has 0 fully saturated rings. The Morgan fingerprint density at radius 3 is 2.05 bits per heavy atom. The zero-order valence-electron chi connectivity index (χ0n) is 20.7. The Hall–Kier alpha value is -4.73. The van der Waals surface area contributed by atoms with Gasteiger partial charge in [0.05, 0.1) is 16.1 Å². The van der Waals surface area contributed by atoms with E-state index in [4.69, 9.17) is 0 Å². The minimum atomic E-state index is -0.443. The Balaban J connectivity index is 0.00000210. The van der Waals surface area contributed by atoms with Crippen molar-refractivity contribution in [1.82, 2.24) is 4.98 Å². The Bertz CT molecular complexity index is 1600. The summed E-state index contributed by atoms with van der Waals surface area (Å²) in [6, 6.07) is 24.9. The first-order valence-corrected chi connectivity index (χ1v) is 11.5. The van der Waals surface area contributed by atoms with Crippen LogP contribution in [-0.2, 0) is 7.05 Å². The van der Waals surface area contributed by atoms with Crippen molar-refractivity contribution in [3.63, 3.8) is 0 Å². The van der Waals surface area contributed by atoms with Crippen LogP contribution in [0.1, 0.15) is 10.4 Å². The summed E-state index contributed by atoms with van der Waals surface area (Å²) in [6.07, 6.45) is 5.52. The molecule has 0 unspecified atom stereocenters. The maximum atomic E-state index is 12.7. The van der Waals surface area contributed by atoms with Gasteiger partial charge in [-0.2, -0.15) is 0 Å². The number of nitrogens with zero attached hydrogens (tertiary/aromatic N) is 3. The Labute approximate surface area is 236 Å². The number of amides is 1. The zero-order chi connectivity index (χ0) is 25.8. The largest absolute Gasteiger partial charge is 0.355 e. The molecule has 0 aliphatic carbocycles. The average molecular weight is 564 g/mol. The van der Waals surface area contributed by atoms with Crippen LogP contribution in [0.15, 0.2) is 104 Å². The molecule has 0 radical (unpaired) electrons. The number of pyridine rings is 2. The van der Waals surface area contributed by atoms with Crippen LogP contribution in [0.5, 0.6) is 0 Å². The summed E-state index contributed by atoms with van der Waals surface area (Å²) in [5.74, 6) is -0.218. The van der Waals surface area contributed by atoms with Crippen LogP contribution >= 0.6 is 24.8 Å². The lowest BCUT2D eigenvalue weighted by Crippen LogP contribution is -2.25. The van der Waals surface area contributed by atoms with Gasteiger partial charge in [-0.25, -0.2) is 4.57 Å². The number of aromatic nitrogens is 2. The van der Waals surface area contributed by atoms with Gasteiger partial charge in [0.2, 0.25) is 0 Å². The second-order valence-electron chi connectivity index (χ2n) is 8.43. The highest BCUT2D eigenvalue weighted by Gasteiger charge is 2.11. The predicted octanol–water partition coefficient (Wildman–Crippen LogP) is 6.55. The predicted molar refractivity (Wildman–Crippen MR) is 158 cm³/mol. The molecule has 0 aliphatic heterocycles. The lowest BCUT2D eigenvalue weighted by Gasteiger charge is -2.11. The molecule has 3 N–H and O–H groups in total. The number of benzene rings is 3. The van der Waals surface area contributed by atoms with Crippen LogP contribution in [-0.4, -0.2) is 15.8 Å². The van der Waals surface area contributed by atoms with E-state index in [0.717, 1.165) is 28.1 Å². The van der Waals surface area contributed by atoms with Crippen molar-refractivity contribution in [2.24, 2.45) is 7.05 Å². The molecule has 5 rings (SSSR count). The van der Waals surface area contributed by atoms with Crippen molar-refractivity contribution >= 4 is 75.7 Å². The monoisotopic (exact) mass is 563 g/mol. The van der Waals surface area contributed by atoms with Crippen LogP contribution in [0.25, 0.3) is 10.9 Å². The molecular weight excluding hydrogens is 539 g/mol. The van der Waals surface area contributed by atoms with Crippen LogP contribution in [0.3, 0.4) is 0 Å². The first kappa shape index (κ1) is 28.8. The molecule has 11 heteroatoms. The number of hydrogen-bond donors (Lipinski definition) is 3. The molecule has 0 saturated carbocycles. The first-order valence-electron chi connectivity index (χ1n) is 11.5. The van der Waals surface area contributed by atoms with Crippen molar-refractivity contribution < 1.29 is 14.3 Å². The van der Waals surface area contributed by atoms with Gasteiger partial charge in [-0.05, 0) is 60.7 Å². The number of non-ortho nitro benzene ring substituents is 1. The lowest BCUT2D eigenvalue weighted by atomic mass is 10.1. The van der Waals surface area contributed by atoms with Crippen molar-refractivity contribution in [2.45, 2.75) is 0 Å². The number of halogens is 2. The highest BCUT2D eigenvalue weighted by molar-refractivity contribution is 6.04. The first-order chi connectivity index (χ1) is 17.9. The fourth-order valence-corrected chi connectivity index (χ4v) is 3.81. The SMILES string of the molecule is C[n+]1ccc(Nc2ccc(NC(=O)c3ccc(Nc4ccnc5cc([N+](=O)[O-])ccc45)cc3)cc2)cc1.Cl.Cl. The van der Waals surface area contributed by atoms with Crippen LogP contribution < -0.4 is 20.5 Å². The highest BCUT2D eigenvalue weighted by atomic mass is 35.5. The van der Waals surface area contributed by atoms with E-state index < -0.39 is 4.92 Å². The van der Waals surface area contributed by atoms with Gasteiger partial charge in [0.1, 0.15) is 7.05 Å².